The van der Waals surface area contributed by atoms with Crippen molar-refractivity contribution in [3.8, 4) is 0 Å². The predicted molar refractivity (Wildman–Crippen MR) is 67.2 cm³/mol. The molecule has 1 amide bonds. The zero-order valence-corrected chi connectivity index (χ0v) is 10.7. The van der Waals surface area contributed by atoms with Crippen LogP contribution in [0.4, 0.5) is 0 Å². The maximum Gasteiger partial charge on any atom is 0.320 e. The van der Waals surface area contributed by atoms with Crippen molar-refractivity contribution >= 4 is 17.7 Å². The minimum atomic E-state index is -0.870. The largest absolute Gasteiger partial charge is 0.480 e. The Labute approximate surface area is 106 Å². The molecule has 0 saturated heterocycles. The van der Waals surface area contributed by atoms with Crippen LogP contribution in [0.3, 0.4) is 0 Å². The van der Waals surface area contributed by atoms with E-state index >= 15 is 0 Å². The lowest BCUT2D eigenvalue weighted by atomic mass is 10.1. The van der Waals surface area contributed by atoms with E-state index in [4.69, 9.17) is 5.11 Å². The highest BCUT2D eigenvalue weighted by Gasteiger charge is 2.13. The van der Waals surface area contributed by atoms with E-state index in [1.165, 1.54) is 19.1 Å². The second-order valence-corrected chi connectivity index (χ2v) is 3.91. The summed E-state index contributed by atoms with van der Waals surface area (Å²) in [6, 6.07) is -0.543. The highest BCUT2D eigenvalue weighted by Crippen LogP contribution is 2.00. The molecule has 0 aromatic carbocycles. The average molecular weight is 256 g/mol. The van der Waals surface area contributed by atoms with Gasteiger partial charge in [0, 0.05) is 12.6 Å². The second-order valence-electron chi connectivity index (χ2n) is 3.91. The van der Waals surface area contributed by atoms with Gasteiger partial charge in [0.05, 0.1) is 0 Å². The van der Waals surface area contributed by atoms with Crippen LogP contribution in [-0.2, 0) is 14.4 Å². The normalized spacial score (nSPS) is 12.3. The Bertz CT molecular complexity index is 326. The monoisotopic (exact) mass is 256 g/mol. The van der Waals surface area contributed by atoms with Crippen molar-refractivity contribution in [1.29, 1.82) is 0 Å². The number of ketones is 1. The highest BCUT2D eigenvalue weighted by atomic mass is 16.4. The topological polar surface area (TPSA) is 95.5 Å². The molecule has 0 aliphatic heterocycles. The number of carbonyl (C=O) groups is 3. The molecule has 6 nitrogen and oxygen atoms in total. The number of unbranched alkanes of at least 4 members (excludes halogenated alkanes) is 1. The van der Waals surface area contributed by atoms with Crippen molar-refractivity contribution in [2.75, 3.05) is 13.6 Å². The molecule has 1 atom stereocenters. The molecule has 3 N–H and O–H groups in total. The van der Waals surface area contributed by atoms with E-state index in [0.29, 0.717) is 25.8 Å². The quantitative estimate of drug-likeness (QED) is 0.401. The van der Waals surface area contributed by atoms with E-state index in [1.807, 2.05) is 0 Å². The molecule has 0 aromatic heterocycles. The molecule has 0 aliphatic rings. The number of carbonyl (C=O) groups excluding carboxylic acids is 2. The zero-order chi connectivity index (χ0) is 14.0. The van der Waals surface area contributed by atoms with Crippen LogP contribution >= 0.6 is 0 Å². The van der Waals surface area contributed by atoms with Crippen LogP contribution in [0, 0.1) is 0 Å². The van der Waals surface area contributed by atoms with E-state index in [-0.39, 0.29) is 11.7 Å². The summed E-state index contributed by atoms with van der Waals surface area (Å²) in [7, 11) is 1.60. The fourth-order valence-corrected chi connectivity index (χ4v) is 1.33. The number of carboxylic acids is 1. The van der Waals surface area contributed by atoms with Gasteiger partial charge in [-0.05, 0) is 39.3 Å². The lowest BCUT2D eigenvalue weighted by Crippen LogP contribution is -2.33. The summed E-state index contributed by atoms with van der Waals surface area (Å²) >= 11 is 0. The Kier molecular flexibility index (Phi) is 8.47. The number of likely N-dealkylation sites (N-methyl/N-ethyl adjacent to an activating group) is 1. The van der Waals surface area contributed by atoms with Crippen molar-refractivity contribution in [3.05, 3.63) is 12.2 Å². The molecule has 0 aliphatic carbocycles. The maximum atomic E-state index is 11.2. The minimum absolute atomic E-state index is 0.177. The minimum Gasteiger partial charge on any atom is -0.480 e. The lowest BCUT2D eigenvalue weighted by Gasteiger charge is -2.10. The number of hydrogen-bond acceptors (Lipinski definition) is 4. The number of rotatable bonds is 9. The summed E-state index contributed by atoms with van der Waals surface area (Å²) in [5.41, 5.74) is 0. The Balaban J connectivity index is 3.65. The van der Waals surface area contributed by atoms with E-state index in [1.54, 1.807) is 7.05 Å². The van der Waals surface area contributed by atoms with Crippen molar-refractivity contribution in [2.45, 2.75) is 32.2 Å². The molecule has 0 radical (unpaired) electrons. The first-order chi connectivity index (χ1) is 8.47. The van der Waals surface area contributed by atoms with Gasteiger partial charge >= 0.3 is 5.97 Å². The predicted octanol–water partition coefficient (Wildman–Crippen LogP) is 0.0907. The molecule has 0 bridgehead atoms. The van der Waals surface area contributed by atoms with E-state index < -0.39 is 12.0 Å². The molecule has 0 aromatic rings. The van der Waals surface area contributed by atoms with Crippen molar-refractivity contribution < 1.29 is 19.5 Å². The molecular formula is C12H20N2O4. The molecular weight excluding hydrogens is 236 g/mol. The van der Waals surface area contributed by atoms with Crippen LogP contribution in [0.1, 0.15) is 26.2 Å². The maximum absolute atomic E-state index is 11.2. The molecule has 6 heteroatoms. The van der Waals surface area contributed by atoms with Gasteiger partial charge in [-0.3, -0.25) is 14.4 Å². The van der Waals surface area contributed by atoms with Crippen LogP contribution in [0.5, 0.6) is 0 Å². The smallest absolute Gasteiger partial charge is 0.320 e. The second kappa shape index (κ2) is 9.35. The molecule has 18 heavy (non-hydrogen) atoms. The van der Waals surface area contributed by atoms with E-state index in [2.05, 4.69) is 10.6 Å². The van der Waals surface area contributed by atoms with Gasteiger partial charge in [0.1, 0.15) is 6.04 Å². The molecule has 0 saturated carbocycles. The average Bonchev–Trinajstić information content (AvgIpc) is 2.30. The third-order valence-corrected chi connectivity index (χ3v) is 2.33. The Hall–Kier alpha value is -1.69. The number of amides is 1. The highest BCUT2D eigenvalue weighted by molar-refractivity contribution is 5.96. The number of hydrogen-bond donors (Lipinski definition) is 3. The van der Waals surface area contributed by atoms with Crippen molar-refractivity contribution in [2.24, 2.45) is 0 Å². The van der Waals surface area contributed by atoms with Gasteiger partial charge in [-0.25, -0.2) is 0 Å². The van der Waals surface area contributed by atoms with Gasteiger partial charge in [0.15, 0.2) is 5.78 Å². The number of allylic oxidation sites excluding steroid dienone is 1. The Morgan fingerprint density at radius 3 is 2.39 bits per heavy atom. The van der Waals surface area contributed by atoms with Crippen LogP contribution < -0.4 is 10.6 Å². The van der Waals surface area contributed by atoms with Gasteiger partial charge in [-0.2, -0.15) is 0 Å². The first-order valence-electron chi connectivity index (χ1n) is 5.84. The summed E-state index contributed by atoms with van der Waals surface area (Å²) in [6.07, 6.45) is 4.32. The molecule has 0 unspecified atom stereocenters. The molecule has 0 heterocycles. The first kappa shape index (κ1) is 16.3. The SMILES string of the molecule is CN[C@@H](CCCCNC(=O)/C=C/C(C)=O)C(=O)O. The number of aliphatic carboxylic acids is 1. The molecule has 0 rings (SSSR count). The summed E-state index contributed by atoms with van der Waals surface area (Å²) in [5, 5.41) is 14.1. The van der Waals surface area contributed by atoms with Gasteiger partial charge < -0.3 is 15.7 Å². The standard InChI is InChI=1S/C12H20N2O4/c1-9(15)6-7-11(16)14-8-4-3-5-10(13-2)12(17)18/h6-7,10,13H,3-5,8H2,1-2H3,(H,14,16)(H,17,18)/b7-6+/t10-/m0/s1. The van der Waals surface area contributed by atoms with Crippen LogP contribution in [0.2, 0.25) is 0 Å². The fraction of sp³-hybridized carbons (Fsp3) is 0.583. The zero-order valence-electron chi connectivity index (χ0n) is 10.7. The number of nitrogens with one attached hydrogen (secondary N) is 2. The Morgan fingerprint density at radius 1 is 1.22 bits per heavy atom. The van der Waals surface area contributed by atoms with Crippen LogP contribution in [0.15, 0.2) is 12.2 Å². The summed E-state index contributed by atoms with van der Waals surface area (Å²) in [6.45, 7) is 1.84. The van der Waals surface area contributed by atoms with Crippen molar-refractivity contribution in [1.82, 2.24) is 10.6 Å². The Morgan fingerprint density at radius 2 is 1.89 bits per heavy atom. The summed E-state index contributed by atoms with van der Waals surface area (Å²) < 4.78 is 0. The van der Waals surface area contributed by atoms with E-state index in [9.17, 15) is 14.4 Å². The van der Waals surface area contributed by atoms with Crippen LogP contribution in [-0.4, -0.2) is 42.4 Å². The fourth-order valence-electron chi connectivity index (χ4n) is 1.33. The van der Waals surface area contributed by atoms with Gasteiger partial charge in [-0.1, -0.05) is 0 Å². The van der Waals surface area contributed by atoms with Gasteiger partial charge in [0.2, 0.25) is 5.91 Å². The molecule has 0 fully saturated rings. The number of carboxylic acid groups (broad SMARTS) is 1. The lowest BCUT2D eigenvalue weighted by molar-refractivity contribution is -0.139. The van der Waals surface area contributed by atoms with Gasteiger partial charge in [0.25, 0.3) is 0 Å². The molecule has 102 valence electrons. The summed E-state index contributed by atoms with van der Waals surface area (Å²) in [5.74, 6) is -1.36. The van der Waals surface area contributed by atoms with Gasteiger partial charge in [-0.15, -0.1) is 0 Å². The third-order valence-electron chi connectivity index (χ3n) is 2.33. The van der Waals surface area contributed by atoms with Crippen LogP contribution in [0.25, 0.3) is 0 Å². The first-order valence-corrected chi connectivity index (χ1v) is 5.84. The van der Waals surface area contributed by atoms with E-state index in [0.717, 1.165) is 0 Å². The van der Waals surface area contributed by atoms with Crippen molar-refractivity contribution in [3.63, 3.8) is 0 Å². The third kappa shape index (κ3) is 8.46. The molecule has 0 spiro atoms. The summed E-state index contributed by atoms with van der Waals surface area (Å²) in [4.78, 5) is 32.4.